The number of nitrogens with one attached hydrogen (secondary N) is 1. The third-order valence-electron chi connectivity index (χ3n) is 3.91. The van der Waals surface area contributed by atoms with Gasteiger partial charge >= 0.3 is 6.09 Å². The van der Waals surface area contributed by atoms with E-state index in [9.17, 15) is 4.79 Å². The quantitative estimate of drug-likeness (QED) is 0.899. The van der Waals surface area contributed by atoms with Gasteiger partial charge in [-0.3, -0.25) is 10.2 Å². The fraction of sp³-hybridized carbons (Fsp3) is 0.588. The summed E-state index contributed by atoms with van der Waals surface area (Å²) in [7, 11) is 0. The number of hydrogen-bond acceptors (Lipinski definition) is 3. The van der Waals surface area contributed by atoms with Gasteiger partial charge in [-0.2, -0.15) is 0 Å². The highest BCUT2D eigenvalue weighted by Gasteiger charge is 2.16. The van der Waals surface area contributed by atoms with Crippen molar-refractivity contribution >= 4 is 11.8 Å². The third-order valence-corrected chi connectivity index (χ3v) is 3.91. The minimum Gasteiger partial charge on any atom is -0.445 e. The highest BCUT2D eigenvalue weighted by Crippen LogP contribution is 2.16. The van der Waals surface area contributed by atoms with E-state index in [-0.39, 0.29) is 12.2 Å². The van der Waals surface area contributed by atoms with Crippen LogP contribution in [0.5, 0.6) is 0 Å². The molecule has 1 aromatic rings. The van der Waals surface area contributed by atoms with Gasteiger partial charge in [-0.25, -0.2) is 4.79 Å². The summed E-state index contributed by atoms with van der Waals surface area (Å²) in [6, 6.07) is 7.84. The van der Waals surface area contributed by atoms with Gasteiger partial charge in [-0.05, 0) is 50.9 Å². The first kappa shape index (κ1) is 15.8. The molecule has 0 unspecified atom stereocenters. The van der Waals surface area contributed by atoms with E-state index in [0.29, 0.717) is 0 Å². The molecule has 1 heterocycles. The summed E-state index contributed by atoms with van der Waals surface area (Å²) in [6.07, 6.45) is 4.27. The van der Waals surface area contributed by atoms with Crippen LogP contribution in [0.1, 0.15) is 38.7 Å². The van der Waals surface area contributed by atoms with Crippen LogP contribution in [0.15, 0.2) is 24.3 Å². The van der Waals surface area contributed by atoms with E-state index < -0.39 is 0 Å². The predicted octanol–water partition coefficient (Wildman–Crippen LogP) is 3.67. The number of benzene rings is 1. The van der Waals surface area contributed by atoms with E-state index in [1.54, 1.807) is 0 Å². The van der Waals surface area contributed by atoms with Crippen molar-refractivity contribution in [3.05, 3.63) is 29.8 Å². The minimum absolute atomic E-state index is 0.0862. The molecule has 1 aliphatic heterocycles. The lowest BCUT2D eigenvalue weighted by molar-refractivity contribution is 0.0833. The smallest absolute Gasteiger partial charge is 0.411 e. The Kier molecular flexibility index (Phi) is 6.05. The molecule has 0 saturated carbocycles. The maximum absolute atomic E-state index is 12.0. The van der Waals surface area contributed by atoms with E-state index in [4.69, 9.17) is 4.74 Å². The average Bonchev–Trinajstić information content (AvgIpc) is 2.48. The van der Waals surface area contributed by atoms with Gasteiger partial charge < -0.3 is 4.74 Å². The molecule has 0 spiro atoms. The fourth-order valence-electron chi connectivity index (χ4n) is 2.82. The molecule has 1 aliphatic rings. The predicted molar refractivity (Wildman–Crippen MR) is 85.7 cm³/mol. The van der Waals surface area contributed by atoms with E-state index in [2.05, 4.69) is 17.1 Å². The van der Waals surface area contributed by atoms with E-state index in [1.807, 2.05) is 31.2 Å². The van der Waals surface area contributed by atoms with Crippen molar-refractivity contribution in [3.8, 4) is 0 Å². The number of amides is 1. The zero-order valence-corrected chi connectivity index (χ0v) is 13.1. The van der Waals surface area contributed by atoms with Gasteiger partial charge in [0, 0.05) is 12.2 Å². The largest absolute Gasteiger partial charge is 0.445 e. The summed E-state index contributed by atoms with van der Waals surface area (Å²) in [5, 5.41) is 2.85. The third kappa shape index (κ3) is 5.05. The highest BCUT2D eigenvalue weighted by atomic mass is 16.6. The molecular formula is C17H26N2O2. The van der Waals surface area contributed by atoms with Crippen molar-refractivity contribution in [1.82, 2.24) is 4.90 Å². The van der Waals surface area contributed by atoms with Crippen molar-refractivity contribution in [3.63, 3.8) is 0 Å². The first-order valence-corrected chi connectivity index (χ1v) is 7.97. The second-order valence-corrected chi connectivity index (χ2v) is 5.71. The van der Waals surface area contributed by atoms with Crippen LogP contribution < -0.4 is 5.32 Å². The number of rotatable bonds is 5. The van der Waals surface area contributed by atoms with Gasteiger partial charge in [0.2, 0.25) is 0 Å². The summed E-state index contributed by atoms with van der Waals surface area (Å²) in [5.41, 5.74) is 1.97. The van der Waals surface area contributed by atoms with Crippen LogP contribution in [0.2, 0.25) is 0 Å². The second kappa shape index (κ2) is 8.03. The Morgan fingerprint density at radius 2 is 2.00 bits per heavy atom. The van der Waals surface area contributed by atoms with Crippen LogP contribution in [0, 0.1) is 0 Å². The number of ether oxygens (including phenoxy) is 1. The molecule has 1 N–H and O–H groups in total. The lowest BCUT2D eigenvalue weighted by atomic mass is 10.1. The molecule has 116 valence electrons. The van der Waals surface area contributed by atoms with Crippen LogP contribution in [0.3, 0.4) is 0 Å². The number of carbonyl (C=O) groups is 1. The number of para-hydroxylation sites is 1. The molecule has 4 nitrogen and oxygen atoms in total. The minimum atomic E-state index is -0.361. The maximum Gasteiger partial charge on any atom is 0.411 e. The molecule has 1 amide bonds. The Balaban J connectivity index is 1.80. The van der Waals surface area contributed by atoms with Crippen LogP contribution in [0.25, 0.3) is 0 Å². The zero-order valence-electron chi connectivity index (χ0n) is 13.1. The zero-order chi connectivity index (χ0) is 15.1. The Morgan fingerprint density at radius 1 is 1.29 bits per heavy atom. The molecule has 0 aliphatic carbocycles. The summed E-state index contributed by atoms with van der Waals surface area (Å²) < 4.78 is 5.46. The second-order valence-electron chi connectivity index (χ2n) is 5.71. The molecule has 4 heteroatoms. The topological polar surface area (TPSA) is 41.6 Å². The average molecular weight is 290 g/mol. The molecule has 0 radical (unpaired) electrons. The van der Waals surface area contributed by atoms with Gasteiger partial charge in [0.1, 0.15) is 6.10 Å². The number of likely N-dealkylation sites (tertiary alicyclic amines) is 1. The van der Waals surface area contributed by atoms with E-state index >= 15 is 0 Å². The highest BCUT2D eigenvalue weighted by molar-refractivity contribution is 5.85. The number of carbonyl (C=O) groups excluding carboxylic acids is 1. The lowest BCUT2D eigenvalue weighted by Crippen LogP contribution is -2.37. The fourth-order valence-corrected chi connectivity index (χ4v) is 2.82. The Hall–Kier alpha value is -1.55. The molecule has 1 saturated heterocycles. The molecular weight excluding hydrogens is 264 g/mol. The number of aryl methyl sites for hydroxylation is 1. The number of anilines is 1. The monoisotopic (exact) mass is 290 g/mol. The molecule has 0 aromatic heterocycles. The van der Waals surface area contributed by atoms with Crippen molar-refractivity contribution in [2.75, 3.05) is 25.0 Å². The van der Waals surface area contributed by atoms with Gasteiger partial charge in [0.05, 0.1) is 0 Å². The van der Waals surface area contributed by atoms with Gasteiger partial charge in [-0.1, -0.05) is 31.5 Å². The maximum atomic E-state index is 12.0. The Bertz CT molecular complexity index is 456. The van der Waals surface area contributed by atoms with Gasteiger partial charge in [0.25, 0.3) is 0 Å². The first-order valence-electron chi connectivity index (χ1n) is 7.97. The van der Waals surface area contributed by atoms with Crippen LogP contribution >= 0.6 is 0 Å². The summed E-state index contributed by atoms with van der Waals surface area (Å²) >= 11 is 0. The number of hydrogen-bond donors (Lipinski definition) is 1. The number of nitrogens with zero attached hydrogens (tertiary/aromatic N) is 1. The molecule has 1 aromatic carbocycles. The Morgan fingerprint density at radius 3 is 2.71 bits per heavy atom. The van der Waals surface area contributed by atoms with Crippen molar-refractivity contribution in [1.29, 1.82) is 0 Å². The molecule has 1 fully saturated rings. The van der Waals surface area contributed by atoms with Gasteiger partial charge in [0.15, 0.2) is 0 Å². The van der Waals surface area contributed by atoms with Crippen LogP contribution in [-0.2, 0) is 11.2 Å². The van der Waals surface area contributed by atoms with E-state index in [0.717, 1.165) is 37.3 Å². The van der Waals surface area contributed by atoms with Crippen molar-refractivity contribution < 1.29 is 9.53 Å². The standard InChI is InChI=1S/C17H26N2O2/c1-3-15-9-5-6-10-16(15)18-17(20)21-14(2)13-19-11-7-4-8-12-19/h5-6,9-10,14H,3-4,7-8,11-13H2,1-2H3,(H,18,20)/t14-/m0/s1. The first-order chi connectivity index (χ1) is 10.2. The van der Waals surface area contributed by atoms with Crippen molar-refractivity contribution in [2.24, 2.45) is 0 Å². The van der Waals surface area contributed by atoms with Gasteiger partial charge in [-0.15, -0.1) is 0 Å². The summed E-state index contributed by atoms with van der Waals surface area (Å²) in [6.45, 7) is 7.09. The normalized spacial score (nSPS) is 17.2. The van der Waals surface area contributed by atoms with Crippen LogP contribution in [0.4, 0.5) is 10.5 Å². The van der Waals surface area contributed by atoms with Crippen molar-refractivity contribution in [2.45, 2.75) is 45.6 Å². The Labute approximate surface area is 127 Å². The molecule has 1 atom stereocenters. The van der Waals surface area contributed by atoms with Crippen LogP contribution in [-0.4, -0.2) is 36.7 Å². The summed E-state index contributed by atoms with van der Waals surface area (Å²) in [5.74, 6) is 0. The number of piperidine rings is 1. The SMILES string of the molecule is CCc1ccccc1NC(=O)O[C@@H](C)CN1CCCCC1. The molecule has 2 rings (SSSR count). The summed E-state index contributed by atoms with van der Waals surface area (Å²) in [4.78, 5) is 14.4. The molecule has 21 heavy (non-hydrogen) atoms. The lowest BCUT2D eigenvalue weighted by Gasteiger charge is -2.28. The van der Waals surface area contributed by atoms with E-state index in [1.165, 1.54) is 19.3 Å². The molecule has 0 bridgehead atoms.